The van der Waals surface area contributed by atoms with Crippen LogP contribution >= 0.6 is 0 Å². The highest BCUT2D eigenvalue weighted by Gasteiger charge is 2.14. The van der Waals surface area contributed by atoms with Gasteiger partial charge in [0.25, 0.3) is 5.56 Å². The normalized spacial score (nSPS) is 11.6. The molecule has 2 aromatic heterocycles. The fraction of sp³-hybridized carbons (Fsp3) is 0.235. The second-order valence-electron chi connectivity index (χ2n) is 5.32. The van der Waals surface area contributed by atoms with E-state index in [4.69, 9.17) is 0 Å². The van der Waals surface area contributed by atoms with Crippen LogP contribution in [0.4, 0.5) is 0 Å². The van der Waals surface area contributed by atoms with E-state index in [2.05, 4.69) is 9.97 Å². The molecule has 0 aliphatic heterocycles. The second kappa shape index (κ2) is 6.19. The van der Waals surface area contributed by atoms with Gasteiger partial charge in [0.15, 0.2) is 5.65 Å². The maximum Gasteiger partial charge on any atom is 0.332 e. The molecule has 0 saturated carbocycles. The Morgan fingerprint density at radius 3 is 2.38 bits per heavy atom. The van der Waals surface area contributed by atoms with Crippen LogP contribution < -0.4 is 11.2 Å². The number of H-pyrrole nitrogens is 1. The fourth-order valence-corrected chi connectivity index (χ4v) is 2.59. The van der Waals surface area contributed by atoms with E-state index in [9.17, 15) is 14.7 Å². The number of rotatable bonds is 4. The molecule has 2 heterocycles. The number of hydrogen-bond acceptors (Lipinski definition) is 4. The average Bonchev–Trinajstić information content (AvgIpc) is 2.99. The summed E-state index contributed by atoms with van der Waals surface area (Å²) in [4.78, 5) is 32.1. The number of benzene rings is 1. The lowest BCUT2D eigenvalue weighted by molar-refractivity contribution is 0.475. The van der Waals surface area contributed by atoms with Crippen molar-refractivity contribution in [1.82, 2.24) is 19.1 Å². The number of nitrogens with zero attached hydrogens (tertiary/aromatic N) is 3. The van der Waals surface area contributed by atoms with Crippen molar-refractivity contribution in [1.29, 1.82) is 0 Å². The minimum Gasteiger partial charge on any atom is -0.508 e. The first-order valence-electron chi connectivity index (χ1n) is 7.75. The van der Waals surface area contributed by atoms with Gasteiger partial charge in [-0.15, -0.1) is 0 Å². The lowest BCUT2D eigenvalue weighted by atomic mass is 10.2. The molecule has 2 N–H and O–H groups in total. The molecular weight excluding hydrogens is 308 g/mol. The molecule has 24 heavy (non-hydrogen) atoms. The summed E-state index contributed by atoms with van der Waals surface area (Å²) in [6.45, 7) is 4.34. The van der Waals surface area contributed by atoms with Crippen LogP contribution in [-0.2, 0) is 13.1 Å². The summed E-state index contributed by atoms with van der Waals surface area (Å²) in [6, 6.07) is 6.71. The smallest absolute Gasteiger partial charge is 0.332 e. The van der Waals surface area contributed by atoms with Crippen molar-refractivity contribution in [3.63, 3.8) is 0 Å². The van der Waals surface area contributed by atoms with Gasteiger partial charge in [0, 0.05) is 13.1 Å². The first-order valence-corrected chi connectivity index (χ1v) is 7.75. The number of aromatic amines is 1. The van der Waals surface area contributed by atoms with Gasteiger partial charge in [-0.05, 0) is 37.6 Å². The molecule has 7 nitrogen and oxygen atoms in total. The largest absolute Gasteiger partial charge is 0.508 e. The molecule has 3 rings (SSSR count). The van der Waals surface area contributed by atoms with Crippen LogP contribution in [0.1, 0.15) is 25.2 Å². The minimum atomic E-state index is -0.362. The quantitative estimate of drug-likeness (QED) is 0.764. The van der Waals surface area contributed by atoms with Crippen LogP contribution in [-0.4, -0.2) is 24.2 Å². The van der Waals surface area contributed by atoms with Crippen LogP contribution in [0.2, 0.25) is 0 Å². The van der Waals surface area contributed by atoms with Crippen molar-refractivity contribution in [2.45, 2.75) is 26.9 Å². The highest BCUT2D eigenvalue weighted by molar-refractivity contribution is 5.75. The second-order valence-corrected chi connectivity index (χ2v) is 5.32. The summed E-state index contributed by atoms with van der Waals surface area (Å²) < 4.78 is 2.67. The SMILES string of the molecule is CCn1c(=O)c2[nH]c(C=Cc3ccc(O)cc3)nc2n(CC)c1=O. The van der Waals surface area contributed by atoms with E-state index in [0.29, 0.717) is 30.1 Å². The molecule has 0 bridgehead atoms. The Balaban J connectivity index is 2.11. The van der Waals surface area contributed by atoms with Crippen molar-refractivity contribution in [2.75, 3.05) is 0 Å². The fourth-order valence-electron chi connectivity index (χ4n) is 2.59. The summed E-state index contributed by atoms with van der Waals surface area (Å²) in [5.74, 6) is 0.689. The van der Waals surface area contributed by atoms with E-state index < -0.39 is 0 Å². The van der Waals surface area contributed by atoms with Crippen LogP contribution in [0.25, 0.3) is 23.3 Å². The first kappa shape index (κ1) is 15.8. The highest BCUT2D eigenvalue weighted by Crippen LogP contribution is 2.13. The molecule has 0 aliphatic rings. The number of aromatic hydroxyl groups is 1. The highest BCUT2D eigenvalue weighted by atomic mass is 16.3. The number of phenolic OH excluding ortho intramolecular Hbond substituents is 1. The number of imidazole rings is 1. The molecule has 0 fully saturated rings. The third-order valence-corrected chi connectivity index (χ3v) is 3.84. The molecular formula is C17H18N4O3. The van der Waals surface area contributed by atoms with Gasteiger partial charge in [-0.1, -0.05) is 18.2 Å². The molecule has 3 aromatic rings. The zero-order chi connectivity index (χ0) is 17.3. The van der Waals surface area contributed by atoms with Crippen molar-refractivity contribution in [2.24, 2.45) is 0 Å². The average molecular weight is 326 g/mol. The van der Waals surface area contributed by atoms with Crippen LogP contribution in [0.15, 0.2) is 33.9 Å². The number of nitrogens with one attached hydrogen (secondary N) is 1. The van der Waals surface area contributed by atoms with E-state index >= 15 is 0 Å². The third kappa shape index (κ3) is 2.64. The lowest BCUT2D eigenvalue weighted by Crippen LogP contribution is -2.39. The van der Waals surface area contributed by atoms with Crippen LogP contribution in [0, 0.1) is 0 Å². The molecule has 1 aromatic carbocycles. The van der Waals surface area contributed by atoms with Gasteiger partial charge >= 0.3 is 5.69 Å². The number of phenols is 1. The number of hydrogen-bond donors (Lipinski definition) is 2. The topological polar surface area (TPSA) is 92.9 Å². The Morgan fingerprint density at radius 2 is 1.75 bits per heavy atom. The van der Waals surface area contributed by atoms with Crippen molar-refractivity contribution < 1.29 is 5.11 Å². The van der Waals surface area contributed by atoms with E-state index in [1.807, 2.05) is 13.0 Å². The Morgan fingerprint density at radius 1 is 1.08 bits per heavy atom. The summed E-state index contributed by atoms with van der Waals surface area (Å²) in [5, 5.41) is 9.29. The van der Waals surface area contributed by atoms with E-state index in [-0.39, 0.29) is 17.0 Å². The molecule has 0 aliphatic carbocycles. The van der Waals surface area contributed by atoms with E-state index in [1.54, 1.807) is 37.3 Å². The minimum absolute atomic E-state index is 0.197. The molecule has 0 saturated heterocycles. The van der Waals surface area contributed by atoms with Crippen LogP contribution in [0.5, 0.6) is 5.75 Å². The van der Waals surface area contributed by atoms with Gasteiger partial charge in [0.2, 0.25) is 0 Å². The molecule has 0 amide bonds. The van der Waals surface area contributed by atoms with Gasteiger partial charge in [-0.3, -0.25) is 13.9 Å². The number of aryl methyl sites for hydroxylation is 1. The van der Waals surface area contributed by atoms with Gasteiger partial charge in [0.05, 0.1) is 0 Å². The standard InChI is InChI=1S/C17H18N4O3/c1-3-20-15-14(16(23)21(4-2)17(20)24)18-13(19-15)10-7-11-5-8-12(22)9-6-11/h5-10,22H,3-4H2,1-2H3,(H,18,19). The van der Waals surface area contributed by atoms with E-state index in [1.165, 1.54) is 9.13 Å². The van der Waals surface area contributed by atoms with Gasteiger partial charge < -0.3 is 10.1 Å². The first-order chi connectivity index (χ1) is 11.5. The summed E-state index contributed by atoms with van der Waals surface area (Å²) in [7, 11) is 0. The molecule has 0 radical (unpaired) electrons. The van der Waals surface area contributed by atoms with Crippen molar-refractivity contribution in [3.8, 4) is 5.75 Å². The number of aromatic nitrogens is 4. The Labute approximate surface area is 137 Å². The Bertz CT molecular complexity index is 1020. The lowest BCUT2D eigenvalue weighted by Gasteiger charge is -2.06. The summed E-state index contributed by atoms with van der Waals surface area (Å²) in [6.07, 6.45) is 3.54. The van der Waals surface area contributed by atoms with Gasteiger partial charge in [-0.2, -0.15) is 0 Å². The number of fused-ring (bicyclic) bond motifs is 1. The van der Waals surface area contributed by atoms with Crippen molar-refractivity contribution in [3.05, 3.63) is 56.5 Å². The molecule has 7 heteroatoms. The molecule has 124 valence electrons. The molecule has 0 atom stereocenters. The predicted octanol–water partition coefficient (Wildman–Crippen LogP) is 1.80. The summed E-state index contributed by atoms with van der Waals surface area (Å²) in [5.41, 5.74) is 0.857. The zero-order valence-corrected chi connectivity index (χ0v) is 13.5. The third-order valence-electron chi connectivity index (χ3n) is 3.84. The van der Waals surface area contributed by atoms with Crippen molar-refractivity contribution >= 4 is 23.3 Å². The Kier molecular flexibility index (Phi) is 4.07. The molecule has 0 unspecified atom stereocenters. The maximum atomic E-state index is 12.4. The Hall–Kier alpha value is -3.09. The van der Waals surface area contributed by atoms with Crippen LogP contribution in [0.3, 0.4) is 0 Å². The zero-order valence-electron chi connectivity index (χ0n) is 13.5. The predicted molar refractivity (Wildman–Crippen MR) is 93.0 cm³/mol. The van der Waals surface area contributed by atoms with Gasteiger partial charge in [0.1, 0.15) is 17.1 Å². The van der Waals surface area contributed by atoms with Gasteiger partial charge in [-0.25, -0.2) is 9.78 Å². The monoisotopic (exact) mass is 326 g/mol. The van der Waals surface area contributed by atoms with E-state index in [0.717, 1.165) is 5.56 Å². The molecule has 0 spiro atoms. The maximum absolute atomic E-state index is 12.4. The summed E-state index contributed by atoms with van der Waals surface area (Å²) >= 11 is 0.